The molecule has 0 aliphatic carbocycles. The lowest BCUT2D eigenvalue weighted by molar-refractivity contribution is 0.844. The second-order valence-electron chi connectivity index (χ2n) is 5.12. The second kappa shape index (κ2) is 7.14. The molecular formula is C17H22BrN3. The fourth-order valence-electron chi connectivity index (χ4n) is 2.60. The van der Waals surface area contributed by atoms with Crippen molar-refractivity contribution in [3.8, 4) is 11.4 Å². The number of halogens is 1. The summed E-state index contributed by atoms with van der Waals surface area (Å²) in [5, 5.41) is 0. The predicted molar refractivity (Wildman–Crippen MR) is 91.4 cm³/mol. The van der Waals surface area contributed by atoms with Crippen LogP contribution in [0.5, 0.6) is 0 Å². The highest BCUT2D eigenvalue weighted by molar-refractivity contribution is 9.10. The van der Waals surface area contributed by atoms with E-state index in [0.717, 1.165) is 46.5 Å². The van der Waals surface area contributed by atoms with Crippen molar-refractivity contribution in [2.75, 3.05) is 6.54 Å². The average Bonchev–Trinajstić information content (AvgIpc) is 2.47. The quantitative estimate of drug-likeness (QED) is 0.893. The van der Waals surface area contributed by atoms with Crippen molar-refractivity contribution >= 4 is 15.9 Å². The molecule has 0 spiro atoms. The van der Waals surface area contributed by atoms with Crippen LogP contribution >= 0.6 is 15.9 Å². The summed E-state index contributed by atoms with van der Waals surface area (Å²) >= 11 is 3.50. The lowest BCUT2D eigenvalue weighted by Crippen LogP contribution is -2.12. The molecule has 21 heavy (non-hydrogen) atoms. The molecule has 1 heterocycles. The van der Waals surface area contributed by atoms with Gasteiger partial charge in [-0.25, -0.2) is 9.97 Å². The molecule has 2 N–H and O–H groups in total. The molecule has 0 bridgehead atoms. The number of benzene rings is 1. The summed E-state index contributed by atoms with van der Waals surface area (Å²) in [6.07, 6.45) is 2.67. The molecule has 0 fully saturated rings. The first kappa shape index (κ1) is 16.1. The van der Waals surface area contributed by atoms with E-state index in [9.17, 15) is 0 Å². The third-order valence-corrected chi connectivity index (χ3v) is 4.17. The largest absolute Gasteiger partial charge is 0.330 e. The molecule has 112 valence electrons. The van der Waals surface area contributed by atoms with Crippen molar-refractivity contribution in [3.05, 3.63) is 45.2 Å². The van der Waals surface area contributed by atoms with Crippen LogP contribution in [0.3, 0.4) is 0 Å². The van der Waals surface area contributed by atoms with Gasteiger partial charge in [0.1, 0.15) is 0 Å². The van der Waals surface area contributed by atoms with Crippen LogP contribution in [-0.4, -0.2) is 16.5 Å². The number of hydrogen-bond donors (Lipinski definition) is 1. The third kappa shape index (κ3) is 3.50. The van der Waals surface area contributed by atoms with E-state index in [2.05, 4.69) is 48.8 Å². The Kier molecular flexibility index (Phi) is 5.48. The lowest BCUT2D eigenvalue weighted by atomic mass is 10.0. The fraction of sp³-hybridized carbons (Fsp3) is 0.412. The molecule has 0 unspecified atom stereocenters. The van der Waals surface area contributed by atoms with Gasteiger partial charge in [0, 0.05) is 21.4 Å². The van der Waals surface area contributed by atoms with Crippen molar-refractivity contribution in [2.24, 2.45) is 5.73 Å². The Labute approximate surface area is 135 Å². The first-order valence-electron chi connectivity index (χ1n) is 7.45. The molecular weight excluding hydrogens is 326 g/mol. The van der Waals surface area contributed by atoms with E-state index in [1.165, 1.54) is 11.1 Å². The van der Waals surface area contributed by atoms with Crippen molar-refractivity contribution in [2.45, 2.75) is 40.0 Å². The zero-order valence-corrected chi connectivity index (χ0v) is 14.5. The maximum atomic E-state index is 5.74. The van der Waals surface area contributed by atoms with Crippen LogP contribution in [0, 0.1) is 6.92 Å². The first-order chi connectivity index (χ1) is 10.1. The Hall–Kier alpha value is -1.26. The summed E-state index contributed by atoms with van der Waals surface area (Å²) in [7, 11) is 0. The summed E-state index contributed by atoms with van der Waals surface area (Å²) < 4.78 is 1.08. The van der Waals surface area contributed by atoms with Gasteiger partial charge in [0.25, 0.3) is 0 Å². The number of rotatable bonds is 5. The van der Waals surface area contributed by atoms with Crippen LogP contribution in [-0.2, 0) is 19.3 Å². The molecule has 4 heteroatoms. The van der Waals surface area contributed by atoms with Crippen LogP contribution in [0.25, 0.3) is 11.4 Å². The summed E-state index contributed by atoms with van der Waals surface area (Å²) in [6, 6.07) is 6.22. The van der Waals surface area contributed by atoms with Crippen LogP contribution < -0.4 is 5.73 Å². The Morgan fingerprint density at radius 1 is 1.10 bits per heavy atom. The molecule has 0 atom stereocenters. The smallest absolute Gasteiger partial charge is 0.159 e. The van der Waals surface area contributed by atoms with Crippen molar-refractivity contribution in [1.82, 2.24) is 9.97 Å². The van der Waals surface area contributed by atoms with Gasteiger partial charge in [-0.2, -0.15) is 0 Å². The number of aryl methyl sites for hydroxylation is 3. The van der Waals surface area contributed by atoms with Crippen LogP contribution in [0.4, 0.5) is 0 Å². The van der Waals surface area contributed by atoms with Crippen molar-refractivity contribution < 1.29 is 0 Å². The first-order valence-corrected chi connectivity index (χ1v) is 8.25. The van der Waals surface area contributed by atoms with E-state index in [1.807, 2.05) is 6.07 Å². The number of aromatic nitrogens is 2. The van der Waals surface area contributed by atoms with Crippen LogP contribution in [0.2, 0.25) is 0 Å². The molecule has 1 aromatic heterocycles. The Morgan fingerprint density at radius 3 is 2.19 bits per heavy atom. The van der Waals surface area contributed by atoms with Gasteiger partial charge in [-0.05, 0) is 62.1 Å². The van der Waals surface area contributed by atoms with E-state index in [1.54, 1.807) is 0 Å². The van der Waals surface area contributed by atoms with Gasteiger partial charge in [-0.1, -0.05) is 29.8 Å². The number of nitrogens with zero attached hydrogens (tertiary/aromatic N) is 2. The normalized spacial score (nSPS) is 10.9. The summed E-state index contributed by atoms with van der Waals surface area (Å²) in [5.74, 6) is 0.828. The van der Waals surface area contributed by atoms with E-state index >= 15 is 0 Å². The highest BCUT2D eigenvalue weighted by atomic mass is 79.9. The van der Waals surface area contributed by atoms with E-state index in [0.29, 0.717) is 6.54 Å². The van der Waals surface area contributed by atoms with Gasteiger partial charge < -0.3 is 5.73 Å². The molecule has 3 nitrogen and oxygen atoms in total. The number of hydrogen-bond acceptors (Lipinski definition) is 3. The van der Waals surface area contributed by atoms with Crippen LogP contribution in [0.1, 0.15) is 36.4 Å². The molecule has 2 rings (SSSR count). The predicted octanol–water partition coefficient (Wildman–Crippen LogP) is 3.84. The number of nitrogens with two attached hydrogens (primary N) is 1. The molecule has 1 aromatic carbocycles. The highest BCUT2D eigenvalue weighted by Gasteiger charge is 2.14. The fourth-order valence-corrected chi connectivity index (χ4v) is 3.07. The standard InChI is InChI=1S/C17H22BrN3/c1-4-15-14(8-9-19)16(5-2)21-17(20-15)13-7-6-12(18)10-11(13)3/h6-7,10H,4-5,8-9,19H2,1-3H3. The molecule has 0 aliphatic heterocycles. The van der Waals surface area contributed by atoms with E-state index in [4.69, 9.17) is 15.7 Å². The molecule has 0 saturated heterocycles. The van der Waals surface area contributed by atoms with Gasteiger partial charge in [-0.15, -0.1) is 0 Å². The SMILES string of the molecule is CCc1nc(-c2ccc(Br)cc2C)nc(CC)c1CCN. The summed E-state index contributed by atoms with van der Waals surface area (Å²) in [5.41, 5.74) is 11.5. The highest BCUT2D eigenvalue weighted by Crippen LogP contribution is 2.26. The summed E-state index contributed by atoms with van der Waals surface area (Å²) in [4.78, 5) is 9.59. The zero-order chi connectivity index (χ0) is 15.4. The van der Waals surface area contributed by atoms with Crippen molar-refractivity contribution in [1.29, 1.82) is 0 Å². The molecule has 0 radical (unpaired) electrons. The minimum absolute atomic E-state index is 0.639. The minimum atomic E-state index is 0.639. The monoisotopic (exact) mass is 347 g/mol. The Morgan fingerprint density at radius 2 is 1.71 bits per heavy atom. The van der Waals surface area contributed by atoms with Crippen LogP contribution in [0.15, 0.2) is 22.7 Å². The Bertz CT molecular complexity index is 613. The molecule has 0 amide bonds. The summed E-state index contributed by atoms with van der Waals surface area (Å²) in [6.45, 7) is 7.01. The molecule has 2 aromatic rings. The van der Waals surface area contributed by atoms with Gasteiger partial charge >= 0.3 is 0 Å². The topological polar surface area (TPSA) is 51.8 Å². The van der Waals surface area contributed by atoms with Gasteiger partial charge in [-0.3, -0.25) is 0 Å². The maximum Gasteiger partial charge on any atom is 0.159 e. The van der Waals surface area contributed by atoms with Gasteiger partial charge in [0.2, 0.25) is 0 Å². The van der Waals surface area contributed by atoms with Gasteiger partial charge in [0.05, 0.1) is 0 Å². The Balaban J connectivity index is 2.59. The third-order valence-electron chi connectivity index (χ3n) is 3.67. The second-order valence-corrected chi connectivity index (χ2v) is 6.04. The maximum absolute atomic E-state index is 5.74. The molecule has 0 aliphatic rings. The van der Waals surface area contributed by atoms with E-state index < -0.39 is 0 Å². The van der Waals surface area contributed by atoms with Gasteiger partial charge in [0.15, 0.2) is 5.82 Å². The minimum Gasteiger partial charge on any atom is -0.330 e. The lowest BCUT2D eigenvalue weighted by Gasteiger charge is -2.14. The average molecular weight is 348 g/mol. The molecule has 0 saturated carbocycles. The zero-order valence-electron chi connectivity index (χ0n) is 12.9. The van der Waals surface area contributed by atoms with E-state index in [-0.39, 0.29) is 0 Å². The van der Waals surface area contributed by atoms with Crippen molar-refractivity contribution in [3.63, 3.8) is 0 Å².